The Kier molecular flexibility index (Phi) is 20.8. The van der Waals surface area contributed by atoms with Gasteiger partial charge in [0.25, 0.3) is 0 Å². The largest absolute Gasteiger partial charge is 0.469 e. The van der Waals surface area contributed by atoms with Gasteiger partial charge in [0, 0.05) is 26.1 Å². The van der Waals surface area contributed by atoms with Crippen molar-refractivity contribution in [2.75, 3.05) is 54.2 Å². The lowest BCUT2D eigenvalue weighted by molar-refractivity contribution is -0.144. The van der Waals surface area contributed by atoms with E-state index in [-0.39, 0.29) is 18.0 Å². The minimum atomic E-state index is -0.147. The minimum Gasteiger partial charge on any atom is -0.469 e. The van der Waals surface area contributed by atoms with E-state index in [2.05, 4.69) is 16.6 Å². The lowest BCUT2D eigenvalue weighted by Crippen LogP contribution is -2.37. The standard InChI is InChI=1S/C30H57NO6/c1-5-6-7-8-9-12-17-26-22-27(26)23-37-30(33)19-14-11-16-21-36-25-28(31(2)3)24-35-20-15-10-13-18-29(32)34-4/h26-28H,5-25H2,1-4H3. The van der Waals surface area contributed by atoms with Gasteiger partial charge in [-0.3, -0.25) is 9.59 Å². The zero-order valence-corrected chi connectivity index (χ0v) is 24.5. The number of unbranched alkanes of at least 4 members (excludes halogenated alkanes) is 9. The molecule has 7 heteroatoms. The average molecular weight is 528 g/mol. The molecule has 0 radical (unpaired) electrons. The molecule has 7 nitrogen and oxygen atoms in total. The van der Waals surface area contributed by atoms with Gasteiger partial charge in [-0.1, -0.05) is 64.7 Å². The van der Waals surface area contributed by atoms with E-state index >= 15 is 0 Å². The second-order valence-corrected chi connectivity index (χ2v) is 11.0. The molecule has 3 atom stereocenters. The van der Waals surface area contributed by atoms with Crippen LogP contribution in [-0.2, 0) is 28.5 Å². The number of ether oxygens (including phenoxy) is 4. The molecule has 1 aliphatic carbocycles. The summed E-state index contributed by atoms with van der Waals surface area (Å²) >= 11 is 0. The summed E-state index contributed by atoms with van der Waals surface area (Å²) in [6, 6.07) is 0.220. The molecule has 0 aromatic rings. The van der Waals surface area contributed by atoms with E-state index in [1.807, 2.05) is 14.1 Å². The van der Waals surface area contributed by atoms with Crippen LogP contribution in [-0.4, -0.2) is 77.1 Å². The van der Waals surface area contributed by atoms with Crippen LogP contribution >= 0.6 is 0 Å². The van der Waals surface area contributed by atoms with Gasteiger partial charge in [0.1, 0.15) is 0 Å². The maximum absolute atomic E-state index is 12.0. The van der Waals surface area contributed by atoms with Crippen LogP contribution in [0, 0.1) is 11.8 Å². The summed E-state index contributed by atoms with van der Waals surface area (Å²) in [6.45, 7) is 5.56. The van der Waals surface area contributed by atoms with E-state index in [0.29, 0.717) is 51.8 Å². The normalized spacial score (nSPS) is 17.6. The van der Waals surface area contributed by atoms with Gasteiger partial charge in [-0.25, -0.2) is 0 Å². The Morgan fingerprint density at radius 1 is 0.757 bits per heavy atom. The van der Waals surface area contributed by atoms with Gasteiger partial charge in [0.05, 0.1) is 33.0 Å². The summed E-state index contributed by atoms with van der Waals surface area (Å²) in [7, 11) is 5.50. The van der Waals surface area contributed by atoms with Crippen molar-refractivity contribution >= 4 is 11.9 Å². The molecule has 1 aliphatic rings. The number of methoxy groups -OCH3 is 1. The molecule has 0 spiro atoms. The van der Waals surface area contributed by atoms with Crippen LogP contribution < -0.4 is 0 Å². The highest BCUT2D eigenvalue weighted by atomic mass is 16.5. The lowest BCUT2D eigenvalue weighted by atomic mass is 10.1. The van der Waals surface area contributed by atoms with Gasteiger partial charge >= 0.3 is 11.9 Å². The highest BCUT2D eigenvalue weighted by Crippen LogP contribution is 2.42. The number of esters is 2. The second-order valence-electron chi connectivity index (χ2n) is 11.0. The van der Waals surface area contributed by atoms with E-state index in [9.17, 15) is 9.59 Å². The third kappa shape index (κ3) is 19.5. The monoisotopic (exact) mass is 527 g/mol. The lowest BCUT2D eigenvalue weighted by Gasteiger charge is -2.24. The Bertz CT molecular complexity index is 570. The molecule has 1 saturated carbocycles. The van der Waals surface area contributed by atoms with Gasteiger partial charge in [0.15, 0.2) is 0 Å². The molecule has 0 saturated heterocycles. The Hall–Kier alpha value is -1.18. The van der Waals surface area contributed by atoms with Crippen molar-refractivity contribution in [3.8, 4) is 0 Å². The van der Waals surface area contributed by atoms with Crippen molar-refractivity contribution in [2.24, 2.45) is 11.8 Å². The molecular formula is C30H57NO6. The molecular weight excluding hydrogens is 470 g/mol. The molecule has 0 aliphatic heterocycles. The molecule has 0 N–H and O–H groups in total. The number of hydrogen-bond acceptors (Lipinski definition) is 7. The van der Waals surface area contributed by atoms with Crippen molar-refractivity contribution in [3.05, 3.63) is 0 Å². The average Bonchev–Trinajstić information content (AvgIpc) is 3.64. The maximum atomic E-state index is 12.0. The van der Waals surface area contributed by atoms with Crippen LogP contribution in [0.2, 0.25) is 0 Å². The Morgan fingerprint density at radius 2 is 1.32 bits per heavy atom. The zero-order chi connectivity index (χ0) is 27.1. The number of rotatable bonds is 26. The van der Waals surface area contributed by atoms with Gasteiger partial charge < -0.3 is 23.8 Å². The summed E-state index contributed by atoms with van der Waals surface area (Å²) < 4.78 is 21.8. The number of nitrogens with zero attached hydrogens (tertiary/aromatic N) is 1. The van der Waals surface area contributed by atoms with Crippen molar-refractivity contribution in [1.29, 1.82) is 0 Å². The minimum absolute atomic E-state index is 0.0405. The molecule has 3 unspecified atom stereocenters. The van der Waals surface area contributed by atoms with Crippen LogP contribution in [0.25, 0.3) is 0 Å². The van der Waals surface area contributed by atoms with Crippen LogP contribution in [0.1, 0.15) is 110 Å². The van der Waals surface area contributed by atoms with Gasteiger partial charge in [-0.05, 0) is 58.0 Å². The van der Waals surface area contributed by atoms with E-state index in [4.69, 9.17) is 14.2 Å². The molecule has 1 fully saturated rings. The summed E-state index contributed by atoms with van der Waals surface area (Å²) in [5, 5.41) is 0. The predicted molar refractivity (Wildman–Crippen MR) is 149 cm³/mol. The fourth-order valence-electron chi connectivity index (χ4n) is 4.51. The summed E-state index contributed by atoms with van der Waals surface area (Å²) in [5.41, 5.74) is 0. The van der Waals surface area contributed by atoms with E-state index in [1.54, 1.807) is 0 Å². The third-order valence-electron chi connectivity index (χ3n) is 7.37. The summed E-state index contributed by atoms with van der Waals surface area (Å²) in [5.74, 6) is 1.23. The van der Waals surface area contributed by atoms with Crippen molar-refractivity contribution in [3.63, 3.8) is 0 Å². The number of likely N-dealkylation sites (N-methyl/N-ethyl adjacent to an activating group) is 1. The highest BCUT2D eigenvalue weighted by molar-refractivity contribution is 5.69. The highest BCUT2D eigenvalue weighted by Gasteiger charge is 2.37. The van der Waals surface area contributed by atoms with Crippen molar-refractivity contribution < 1.29 is 28.5 Å². The fraction of sp³-hybridized carbons (Fsp3) is 0.933. The smallest absolute Gasteiger partial charge is 0.305 e. The molecule has 0 aromatic carbocycles. The fourth-order valence-corrected chi connectivity index (χ4v) is 4.51. The van der Waals surface area contributed by atoms with E-state index in [1.165, 1.54) is 58.5 Å². The SMILES string of the molecule is CCCCCCCCC1CC1COC(=O)CCCCCOCC(COCCCCCC(=O)OC)N(C)C. The van der Waals surface area contributed by atoms with Crippen LogP contribution in [0.15, 0.2) is 0 Å². The van der Waals surface area contributed by atoms with Gasteiger partial charge in [0.2, 0.25) is 0 Å². The van der Waals surface area contributed by atoms with Crippen molar-refractivity contribution in [1.82, 2.24) is 4.90 Å². The Balaban J connectivity index is 1.91. The van der Waals surface area contributed by atoms with Crippen LogP contribution in [0.5, 0.6) is 0 Å². The molecule has 0 heterocycles. The number of hydrogen-bond donors (Lipinski definition) is 0. The molecule has 0 amide bonds. The Morgan fingerprint density at radius 3 is 1.92 bits per heavy atom. The first-order valence-corrected chi connectivity index (χ1v) is 15.0. The van der Waals surface area contributed by atoms with Gasteiger partial charge in [-0.15, -0.1) is 0 Å². The number of carbonyl (C=O) groups excluding carboxylic acids is 2. The molecule has 1 rings (SSSR count). The van der Waals surface area contributed by atoms with Crippen molar-refractivity contribution in [2.45, 2.75) is 116 Å². The molecule has 0 aromatic heterocycles. The van der Waals surface area contributed by atoms with Gasteiger partial charge in [-0.2, -0.15) is 0 Å². The summed E-state index contributed by atoms with van der Waals surface area (Å²) in [6.07, 6.45) is 17.2. The predicted octanol–water partition coefficient (Wildman–Crippen LogP) is 6.17. The van der Waals surface area contributed by atoms with Crippen LogP contribution in [0.4, 0.5) is 0 Å². The van der Waals surface area contributed by atoms with E-state index < -0.39 is 0 Å². The van der Waals surface area contributed by atoms with E-state index in [0.717, 1.165) is 44.4 Å². The van der Waals surface area contributed by atoms with Crippen LogP contribution in [0.3, 0.4) is 0 Å². The first-order chi connectivity index (χ1) is 18.0. The summed E-state index contributed by atoms with van der Waals surface area (Å²) in [4.78, 5) is 25.3. The maximum Gasteiger partial charge on any atom is 0.305 e. The first kappa shape index (κ1) is 33.8. The molecule has 218 valence electrons. The molecule has 0 bridgehead atoms. The first-order valence-electron chi connectivity index (χ1n) is 15.0. The third-order valence-corrected chi connectivity index (χ3v) is 7.37. The molecule has 37 heavy (non-hydrogen) atoms. The second kappa shape index (κ2) is 22.8. The Labute approximate surface area is 227 Å². The topological polar surface area (TPSA) is 74.3 Å². The zero-order valence-electron chi connectivity index (χ0n) is 24.5. The number of carbonyl (C=O) groups is 2. The quantitative estimate of drug-likeness (QED) is 0.0983.